The van der Waals surface area contributed by atoms with Gasteiger partial charge in [0.15, 0.2) is 0 Å². The van der Waals surface area contributed by atoms with Crippen LogP contribution in [-0.2, 0) is 4.79 Å². The molecular weight excluding hydrogens is 251 g/mol. The van der Waals surface area contributed by atoms with Crippen LogP contribution in [-0.4, -0.2) is 12.4 Å². The third kappa shape index (κ3) is 3.46. The molecule has 0 spiro atoms. The molecular formula is C10H10BrFO2. The summed E-state index contributed by atoms with van der Waals surface area (Å²) in [6.45, 7) is 1.77. The first-order valence-corrected chi connectivity index (χ1v) is 4.96. The van der Waals surface area contributed by atoms with Gasteiger partial charge in [-0.15, -0.1) is 0 Å². The van der Waals surface area contributed by atoms with E-state index in [2.05, 4.69) is 15.9 Å². The third-order valence-electron chi connectivity index (χ3n) is 1.60. The van der Waals surface area contributed by atoms with Crippen LogP contribution in [0.1, 0.15) is 13.3 Å². The van der Waals surface area contributed by atoms with Gasteiger partial charge in [0.25, 0.3) is 0 Å². The molecule has 0 radical (unpaired) electrons. The number of benzene rings is 1. The van der Waals surface area contributed by atoms with Crippen LogP contribution in [0.5, 0.6) is 5.75 Å². The fraction of sp³-hybridized carbons (Fsp3) is 0.300. The molecule has 2 nitrogen and oxygen atoms in total. The standard InChI is InChI=1S/C10H10BrFO2/c1-7(13)4-5-14-10-6-8(12)2-3-9(10)11/h2-3,6H,4-5H2,1H3. The zero-order chi connectivity index (χ0) is 10.6. The zero-order valence-electron chi connectivity index (χ0n) is 7.72. The maximum absolute atomic E-state index is 12.8. The van der Waals surface area contributed by atoms with Crippen molar-refractivity contribution in [3.8, 4) is 5.75 Å². The summed E-state index contributed by atoms with van der Waals surface area (Å²) in [5, 5.41) is 0. The molecule has 0 atom stereocenters. The second-order valence-corrected chi connectivity index (χ2v) is 3.73. The first-order valence-electron chi connectivity index (χ1n) is 4.17. The van der Waals surface area contributed by atoms with E-state index < -0.39 is 0 Å². The molecule has 1 aromatic rings. The molecule has 1 rings (SSSR count). The average molecular weight is 261 g/mol. The minimum absolute atomic E-state index is 0.0533. The quantitative estimate of drug-likeness (QED) is 0.832. The van der Waals surface area contributed by atoms with Gasteiger partial charge in [-0.1, -0.05) is 0 Å². The van der Waals surface area contributed by atoms with Crippen molar-refractivity contribution in [3.63, 3.8) is 0 Å². The van der Waals surface area contributed by atoms with E-state index >= 15 is 0 Å². The molecule has 0 aromatic heterocycles. The van der Waals surface area contributed by atoms with Crippen molar-refractivity contribution in [2.75, 3.05) is 6.61 Å². The van der Waals surface area contributed by atoms with Crippen LogP contribution in [0.15, 0.2) is 22.7 Å². The number of hydrogen-bond acceptors (Lipinski definition) is 2. The highest BCUT2D eigenvalue weighted by atomic mass is 79.9. The lowest BCUT2D eigenvalue weighted by Crippen LogP contribution is -2.03. The minimum atomic E-state index is -0.356. The summed E-state index contributed by atoms with van der Waals surface area (Å²) in [6.07, 6.45) is 0.336. The Morgan fingerprint density at radius 3 is 2.93 bits per heavy atom. The number of carbonyl (C=O) groups excluding carboxylic acids is 1. The average Bonchev–Trinajstić information content (AvgIpc) is 2.10. The molecule has 0 unspecified atom stereocenters. The minimum Gasteiger partial charge on any atom is -0.492 e. The maximum atomic E-state index is 12.8. The molecule has 0 heterocycles. The number of Topliss-reactive ketones (excluding diaryl/α,β-unsaturated/α-hetero) is 1. The second-order valence-electron chi connectivity index (χ2n) is 2.88. The van der Waals surface area contributed by atoms with Gasteiger partial charge in [0.2, 0.25) is 0 Å². The summed E-state index contributed by atoms with van der Waals surface area (Å²) in [4.78, 5) is 10.6. The number of carbonyl (C=O) groups is 1. The Labute approximate surface area is 90.2 Å². The van der Waals surface area contributed by atoms with Gasteiger partial charge >= 0.3 is 0 Å². The van der Waals surface area contributed by atoms with Crippen LogP contribution in [0.4, 0.5) is 4.39 Å². The molecule has 0 bridgehead atoms. The van der Waals surface area contributed by atoms with Gasteiger partial charge in [-0.3, -0.25) is 4.79 Å². The Balaban J connectivity index is 2.57. The highest BCUT2D eigenvalue weighted by molar-refractivity contribution is 9.10. The molecule has 0 N–H and O–H groups in total. The number of halogens is 2. The van der Waals surface area contributed by atoms with Crippen LogP contribution >= 0.6 is 15.9 Å². The fourth-order valence-electron chi connectivity index (χ4n) is 0.893. The summed E-state index contributed by atoms with van der Waals surface area (Å²) in [6, 6.07) is 4.19. The molecule has 0 saturated heterocycles. The Morgan fingerprint density at radius 1 is 1.57 bits per heavy atom. The molecule has 0 saturated carbocycles. The van der Waals surface area contributed by atoms with E-state index in [1.54, 1.807) is 6.07 Å². The van der Waals surface area contributed by atoms with Crippen molar-refractivity contribution in [1.82, 2.24) is 0 Å². The highest BCUT2D eigenvalue weighted by Crippen LogP contribution is 2.25. The van der Waals surface area contributed by atoms with Gasteiger partial charge < -0.3 is 4.74 Å². The van der Waals surface area contributed by atoms with Crippen LogP contribution in [0.3, 0.4) is 0 Å². The molecule has 14 heavy (non-hydrogen) atoms. The SMILES string of the molecule is CC(=O)CCOc1cc(F)ccc1Br. The van der Waals surface area contributed by atoms with Crippen LogP contribution in [0.25, 0.3) is 0 Å². The number of rotatable bonds is 4. The van der Waals surface area contributed by atoms with Crippen LogP contribution in [0.2, 0.25) is 0 Å². The van der Waals surface area contributed by atoms with E-state index in [9.17, 15) is 9.18 Å². The Kier molecular flexibility index (Phi) is 4.07. The molecule has 0 aliphatic heterocycles. The van der Waals surface area contributed by atoms with E-state index in [1.165, 1.54) is 19.1 Å². The lowest BCUT2D eigenvalue weighted by Gasteiger charge is -2.06. The summed E-state index contributed by atoms with van der Waals surface area (Å²) >= 11 is 3.22. The first-order chi connectivity index (χ1) is 6.59. The van der Waals surface area contributed by atoms with Gasteiger partial charge in [0.1, 0.15) is 17.3 Å². The summed E-state index contributed by atoms with van der Waals surface area (Å²) in [7, 11) is 0. The molecule has 4 heteroatoms. The lowest BCUT2D eigenvalue weighted by molar-refractivity contribution is -0.117. The van der Waals surface area contributed by atoms with E-state index in [4.69, 9.17) is 4.74 Å². The fourth-order valence-corrected chi connectivity index (χ4v) is 1.25. The van der Waals surface area contributed by atoms with E-state index in [-0.39, 0.29) is 18.2 Å². The van der Waals surface area contributed by atoms with Crippen molar-refractivity contribution in [2.45, 2.75) is 13.3 Å². The van der Waals surface area contributed by atoms with Crippen molar-refractivity contribution in [2.24, 2.45) is 0 Å². The molecule has 0 aliphatic rings. The van der Waals surface area contributed by atoms with Crippen molar-refractivity contribution < 1.29 is 13.9 Å². The predicted octanol–water partition coefficient (Wildman–Crippen LogP) is 2.95. The Bertz CT molecular complexity index is 339. The molecule has 1 aromatic carbocycles. The van der Waals surface area contributed by atoms with E-state index in [0.717, 1.165) is 0 Å². The maximum Gasteiger partial charge on any atom is 0.136 e. The van der Waals surface area contributed by atoms with Crippen molar-refractivity contribution in [3.05, 3.63) is 28.5 Å². The topological polar surface area (TPSA) is 26.3 Å². The van der Waals surface area contributed by atoms with Crippen molar-refractivity contribution in [1.29, 1.82) is 0 Å². The highest BCUT2D eigenvalue weighted by Gasteiger charge is 2.03. The molecule has 0 fully saturated rings. The van der Waals surface area contributed by atoms with Gasteiger partial charge in [-0.2, -0.15) is 0 Å². The molecule has 76 valence electrons. The van der Waals surface area contributed by atoms with E-state index in [0.29, 0.717) is 16.6 Å². The third-order valence-corrected chi connectivity index (χ3v) is 2.26. The van der Waals surface area contributed by atoms with Gasteiger partial charge in [0, 0.05) is 12.5 Å². The number of ether oxygens (including phenoxy) is 1. The lowest BCUT2D eigenvalue weighted by atomic mass is 10.3. The number of hydrogen-bond donors (Lipinski definition) is 0. The van der Waals surface area contributed by atoms with Crippen LogP contribution in [0, 0.1) is 5.82 Å². The zero-order valence-corrected chi connectivity index (χ0v) is 9.30. The number of ketones is 1. The van der Waals surface area contributed by atoms with Gasteiger partial charge in [-0.05, 0) is 35.0 Å². The predicted molar refractivity (Wildman–Crippen MR) is 54.9 cm³/mol. The normalized spacial score (nSPS) is 9.93. The van der Waals surface area contributed by atoms with Gasteiger partial charge in [0.05, 0.1) is 11.1 Å². The van der Waals surface area contributed by atoms with Crippen molar-refractivity contribution >= 4 is 21.7 Å². The Morgan fingerprint density at radius 2 is 2.29 bits per heavy atom. The monoisotopic (exact) mass is 260 g/mol. The largest absolute Gasteiger partial charge is 0.492 e. The second kappa shape index (κ2) is 5.10. The van der Waals surface area contributed by atoms with E-state index in [1.807, 2.05) is 0 Å². The summed E-state index contributed by atoms with van der Waals surface area (Å²) in [5.74, 6) is 0.120. The van der Waals surface area contributed by atoms with Crippen LogP contribution < -0.4 is 4.74 Å². The van der Waals surface area contributed by atoms with Gasteiger partial charge in [-0.25, -0.2) is 4.39 Å². The first kappa shape index (κ1) is 11.2. The summed E-state index contributed by atoms with van der Waals surface area (Å²) in [5.41, 5.74) is 0. The molecule has 0 aliphatic carbocycles. The summed E-state index contributed by atoms with van der Waals surface area (Å²) < 4.78 is 18.7. The molecule has 0 amide bonds. The smallest absolute Gasteiger partial charge is 0.136 e. The Hall–Kier alpha value is -0.900.